The Balaban J connectivity index is 1.22. The lowest BCUT2D eigenvalue weighted by molar-refractivity contribution is -0.140. The smallest absolute Gasteiger partial charge is 0.254 e. The van der Waals surface area contributed by atoms with Gasteiger partial charge in [-0.15, -0.1) is 0 Å². The number of rotatable bonds is 5. The van der Waals surface area contributed by atoms with E-state index in [1.807, 2.05) is 24.3 Å². The number of amides is 2. The average molecular weight is 386 g/mol. The van der Waals surface area contributed by atoms with Crippen molar-refractivity contribution < 1.29 is 14.3 Å². The maximum Gasteiger partial charge on any atom is 0.254 e. The van der Waals surface area contributed by atoms with Crippen LogP contribution < -0.4 is 4.74 Å². The Morgan fingerprint density at radius 1 is 0.966 bits per heavy atom. The third-order valence-electron chi connectivity index (χ3n) is 6.18. The fraction of sp³-hybridized carbons (Fsp3) is 0.292. The van der Waals surface area contributed by atoms with Crippen LogP contribution in [0.3, 0.4) is 0 Å². The van der Waals surface area contributed by atoms with Crippen LogP contribution in [0, 0.1) is 30.6 Å². The first-order valence-corrected chi connectivity index (χ1v) is 9.99. The molecule has 0 aromatic heterocycles. The van der Waals surface area contributed by atoms with Crippen LogP contribution in [0.4, 0.5) is 0 Å². The molecule has 2 fully saturated rings. The van der Waals surface area contributed by atoms with Gasteiger partial charge in [-0.05, 0) is 60.6 Å². The van der Waals surface area contributed by atoms with Gasteiger partial charge in [-0.2, -0.15) is 10.1 Å². The molecule has 2 bridgehead atoms. The van der Waals surface area contributed by atoms with Gasteiger partial charge in [-0.1, -0.05) is 42.0 Å². The number of ether oxygens (including phenoxy) is 1. The van der Waals surface area contributed by atoms with Crippen molar-refractivity contribution in [3.8, 4) is 5.75 Å². The van der Waals surface area contributed by atoms with Crippen molar-refractivity contribution in [1.29, 1.82) is 0 Å². The highest BCUT2D eigenvalue weighted by atomic mass is 16.5. The van der Waals surface area contributed by atoms with Gasteiger partial charge < -0.3 is 4.74 Å². The Labute approximate surface area is 169 Å². The SMILES string of the molecule is Cc1ccc(COc2ccc(C=NN3C(=O)[C@@H]4[C@H](C3=O)[C@H]3C=C[C@H]4C3)cc2)cc1. The van der Waals surface area contributed by atoms with E-state index in [1.54, 1.807) is 6.21 Å². The molecule has 29 heavy (non-hydrogen) atoms. The van der Waals surface area contributed by atoms with Gasteiger partial charge in [0.05, 0.1) is 18.1 Å². The van der Waals surface area contributed by atoms with E-state index >= 15 is 0 Å². The summed E-state index contributed by atoms with van der Waals surface area (Å²) in [5.74, 6) is 0.406. The molecule has 1 heterocycles. The maximum atomic E-state index is 12.6. The van der Waals surface area contributed by atoms with E-state index in [-0.39, 0.29) is 35.5 Å². The molecule has 2 aromatic carbocycles. The number of hydrogen-bond acceptors (Lipinski definition) is 4. The van der Waals surface area contributed by atoms with Gasteiger partial charge >= 0.3 is 0 Å². The second-order valence-corrected chi connectivity index (χ2v) is 8.08. The van der Waals surface area contributed by atoms with Gasteiger partial charge in [0.1, 0.15) is 12.4 Å². The van der Waals surface area contributed by atoms with Gasteiger partial charge in [0.15, 0.2) is 0 Å². The molecule has 0 radical (unpaired) electrons. The largest absolute Gasteiger partial charge is 0.489 e. The Bertz CT molecular complexity index is 977. The number of imide groups is 1. The van der Waals surface area contributed by atoms with Gasteiger partial charge in [-0.3, -0.25) is 9.59 Å². The standard InChI is InChI=1S/C24H22N2O3/c1-15-2-4-17(5-3-15)14-29-20-10-6-16(7-11-20)13-25-26-23(27)21-18-8-9-19(12-18)22(21)24(26)28/h2-11,13,18-19,21-22H,12,14H2,1H3/t18-,19-,21-,22+/m0/s1. The molecule has 2 aromatic rings. The van der Waals surface area contributed by atoms with Gasteiger partial charge in [0, 0.05) is 0 Å². The van der Waals surface area contributed by atoms with Crippen molar-refractivity contribution >= 4 is 18.0 Å². The van der Waals surface area contributed by atoms with E-state index in [0.717, 1.165) is 28.3 Å². The number of benzene rings is 2. The Hall–Kier alpha value is -3.21. The molecule has 4 atom stereocenters. The minimum absolute atomic E-state index is 0.161. The predicted molar refractivity (Wildman–Crippen MR) is 109 cm³/mol. The zero-order valence-corrected chi connectivity index (χ0v) is 16.2. The molecule has 0 N–H and O–H groups in total. The molecule has 5 nitrogen and oxygen atoms in total. The molecule has 2 amide bonds. The highest BCUT2D eigenvalue weighted by Gasteiger charge is 2.59. The lowest BCUT2D eigenvalue weighted by Gasteiger charge is -2.13. The topological polar surface area (TPSA) is 59.0 Å². The zero-order valence-electron chi connectivity index (χ0n) is 16.2. The van der Waals surface area contributed by atoms with E-state index in [1.165, 1.54) is 5.56 Å². The summed E-state index contributed by atoms with van der Waals surface area (Å²) in [6.07, 6.45) is 6.66. The number of nitrogens with zero attached hydrogens (tertiary/aromatic N) is 2. The number of aryl methyl sites for hydroxylation is 1. The molecule has 1 aliphatic heterocycles. The number of carbonyl (C=O) groups is 2. The highest BCUT2D eigenvalue weighted by molar-refractivity contribution is 6.06. The van der Waals surface area contributed by atoms with Crippen molar-refractivity contribution in [2.45, 2.75) is 20.0 Å². The highest BCUT2D eigenvalue weighted by Crippen LogP contribution is 2.52. The predicted octanol–water partition coefficient (Wildman–Crippen LogP) is 3.72. The number of allylic oxidation sites excluding steroid dienone is 2. The summed E-state index contributed by atoms with van der Waals surface area (Å²) >= 11 is 0. The van der Waals surface area contributed by atoms with Crippen LogP contribution >= 0.6 is 0 Å². The summed E-state index contributed by atoms with van der Waals surface area (Å²) in [7, 11) is 0. The van der Waals surface area contributed by atoms with Crippen molar-refractivity contribution in [3.05, 3.63) is 77.4 Å². The summed E-state index contributed by atoms with van der Waals surface area (Å²) in [4.78, 5) is 25.3. The molecule has 1 saturated heterocycles. The molecule has 5 rings (SSSR count). The van der Waals surface area contributed by atoms with E-state index in [0.29, 0.717) is 6.61 Å². The number of hydrogen-bond donors (Lipinski definition) is 0. The van der Waals surface area contributed by atoms with Crippen LogP contribution in [-0.2, 0) is 16.2 Å². The molecule has 3 aliphatic rings. The minimum atomic E-state index is -0.216. The second kappa shape index (κ2) is 6.99. The lowest BCUT2D eigenvalue weighted by Crippen LogP contribution is -2.28. The lowest BCUT2D eigenvalue weighted by atomic mass is 9.85. The molecular weight excluding hydrogens is 364 g/mol. The van der Waals surface area contributed by atoms with Crippen LogP contribution in [0.1, 0.15) is 23.1 Å². The number of hydrazone groups is 1. The first-order valence-electron chi connectivity index (χ1n) is 9.99. The number of fused-ring (bicyclic) bond motifs is 5. The summed E-state index contributed by atoms with van der Waals surface area (Å²) in [5, 5.41) is 5.28. The fourth-order valence-corrected chi connectivity index (χ4v) is 4.63. The minimum Gasteiger partial charge on any atom is -0.489 e. The molecule has 5 heteroatoms. The Morgan fingerprint density at radius 2 is 1.59 bits per heavy atom. The normalized spacial score (nSPS) is 27.3. The van der Waals surface area contributed by atoms with Crippen molar-refractivity contribution in [3.63, 3.8) is 0 Å². The molecular formula is C24H22N2O3. The summed E-state index contributed by atoms with van der Waals surface area (Å²) in [6, 6.07) is 15.7. The monoisotopic (exact) mass is 386 g/mol. The van der Waals surface area contributed by atoms with Crippen LogP contribution in [0.25, 0.3) is 0 Å². The molecule has 0 spiro atoms. The van der Waals surface area contributed by atoms with Crippen LogP contribution in [0.2, 0.25) is 0 Å². The second-order valence-electron chi connectivity index (χ2n) is 8.08. The van der Waals surface area contributed by atoms with E-state index in [9.17, 15) is 9.59 Å². The summed E-state index contributed by atoms with van der Waals surface area (Å²) in [6.45, 7) is 2.56. The first-order chi connectivity index (χ1) is 14.1. The maximum absolute atomic E-state index is 12.6. The molecule has 1 saturated carbocycles. The Morgan fingerprint density at radius 3 is 2.21 bits per heavy atom. The van der Waals surface area contributed by atoms with Crippen molar-refractivity contribution in [2.75, 3.05) is 0 Å². The van der Waals surface area contributed by atoms with Crippen molar-refractivity contribution in [1.82, 2.24) is 5.01 Å². The molecule has 146 valence electrons. The third-order valence-corrected chi connectivity index (χ3v) is 6.18. The van der Waals surface area contributed by atoms with Gasteiger partial charge in [0.2, 0.25) is 0 Å². The molecule has 2 aliphatic carbocycles. The first kappa shape index (κ1) is 17.9. The van der Waals surface area contributed by atoms with Crippen LogP contribution in [0.5, 0.6) is 5.75 Å². The molecule has 0 unspecified atom stereocenters. The number of carbonyl (C=O) groups excluding carboxylic acids is 2. The fourth-order valence-electron chi connectivity index (χ4n) is 4.63. The zero-order chi connectivity index (χ0) is 20.0. The Kier molecular flexibility index (Phi) is 4.31. The van der Waals surface area contributed by atoms with Gasteiger partial charge in [-0.25, -0.2) is 0 Å². The third kappa shape index (κ3) is 3.16. The van der Waals surface area contributed by atoms with Crippen molar-refractivity contribution in [2.24, 2.45) is 28.8 Å². The van der Waals surface area contributed by atoms with Crippen LogP contribution in [-0.4, -0.2) is 23.0 Å². The van der Waals surface area contributed by atoms with E-state index in [2.05, 4.69) is 48.4 Å². The van der Waals surface area contributed by atoms with E-state index < -0.39 is 0 Å². The average Bonchev–Trinajstić information content (AvgIpc) is 3.41. The van der Waals surface area contributed by atoms with E-state index in [4.69, 9.17) is 4.74 Å². The van der Waals surface area contributed by atoms with Gasteiger partial charge in [0.25, 0.3) is 11.8 Å². The summed E-state index contributed by atoms with van der Waals surface area (Å²) in [5.41, 5.74) is 3.15. The quantitative estimate of drug-likeness (QED) is 0.447. The van der Waals surface area contributed by atoms with Crippen LogP contribution in [0.15, 0.2) is 65.8 Å². The summed E-state index contributed by atoms with van der Waals surface area (Å²) < 4.78 is 5.81.